The van der Waals surface area contributed by atoms with E-state index in [9.17, 15) is 13.5 Å². The lowest BCUT2D eigenvalue weighted by atomic mass is 9.79. The van der Waals surface area contributed by atoms with Gasteiger partial charge in [0.2, 0.25) is 10.0 Å². The number of rotatable bonds is 7. The summed E-state index contributed by atoms with van der Waals surface area (Å²) in [6.07, 6.45) is 8.22. The third-order valence-electron chi connectivity index (χ3n) is 7.51. The lowest BCUT2D eigenvalue weighted by Gasteiger charge is -2.35. The monoisotopic (exact) mass is 490 g/mol. The van der Waals surface area contributed by atoms with Gasteiger partial charge >= 0.3 is 0 Å². The van der Waals surface area contributed by atoms with Crippen molar-refractivity contribution in [1.82, 2.24) is 9.62 Å². The van der Waals surface area contributed by atoms with Crippen LogP contribution in [0.2, 0.25) is 0 Å². The first-order valence-corrected chi connectivity index (χ1v) is 14.5. The van der Waals surface area contributed by atoms with Crippen LogP contribution in [0.25, 0.3) is 5.70 Å². The van der Waals surface area contributed by atoms with Crippen molar-refractivity contribution in [2.45, 2.75) is 103 Å². The highest BCUT2D eigenvalue weighted by Crippen LogP contribution is 2.39. The van der Waals surface area contributed by atoms with Crippen molar-refractivity contribution < 1.29 is 13.5 Å². The van der Waals surface area contributed by atoms with Gasteiger partial charge in [0, 0.05) is 24.8 Å². The molecule has 34 heavy (non-hydrogen) atoms. The quantitative estimate of drug-likeness (QED) is 0.552. The zero-order valence-corrected chi connectivity index (χ0v) is 23.1. The van der Waals surface area contributed by atoms with E-state index in [1.807, 2.05) is 13.0 Å². The molecule has 0 aromatic heterocycles. The summed E-state index contributed by atoms with van der Waals surface area (Å²) < 4.78 is 29.0. The van der Waals surface area contributed by atoms with Gasteiger partial charge in [0.25, 0.3) is 0 Å². The number of nitrogens with one attached hydrogen (secondary N) is 1. The predicted molar refractivity (Wildman–Crippen MR) is 142 cm³/mol. The average Bonchev–Trinajstić information content (AvgIpc) is 3.08. The molecule has 1 aromatic rings. The summed E-state index contributed by atoms with van der Waals surface area (Å²) in [7, 11) is -3.59. The normalized spacial score (nSPS) is 22.8. The number of nitrogens with zero attached hydrogens (tertiary/aromatic N) is 1. The first-order valence-electron chi connectivity index (χ1n) is 13.0. The minimum atomic E-state index is -3.59. The van der Waals surface area contributed by atoms with E-state index in [0.29, 0.717) is 5.92 Å². The third kappa shape index (κ3) is 6.24. The van der Waals surface area contributed by atoms with Gasteiger partial charge in [-0.1, -0.05) is 66.9 Å². The number of hydrogen-bond acceptors (Lipinski definition) is 4. The van der Waals surface area contributed by atoms with Crippen LogP contribution in [0.5, 0.6) is 0 Å². The second-order valence-corrected chi connectivity index (χ2v) is 14.3. The van der Waals surface area contributed by atoms with Crippen LogP contribution in [-0.2, 0) is 20.9 Å². The molecule has 2 aliphatic rings. The molecule has 1 saturated carbocycles. The van der Waals surface area contributed by atoms with Gasteiger partial charge in [0.05, 0.1) is 6.61 Å². The van der Waals surface area contributed by atoms with Crippen molar-refractivity contribution in [2.75, 3.05) is 19.7 Å². The molecule has 2 N–H and O–H groups in total. The summed E-state index contributed by atoms with van der Waals surface area (Å²) in [6, 6.07) is 6.67. The van der Waals surface area contributed by atoms with E-state index < -0.39 is 15.3 Å². The van der Waals surface area contributed by atoms with Crippen LogP contribution in [0, 0.1) is 5.92 Å². The largest absolute Gasteiger partial charge is 0.395 e. The smallest absolute Gasteiger partial charge is 0.220 e. The van der Waals surface area contributed by atoms with Crippen LogP contribution in [0.1, 0.15) is 97.3 Å². The maximum atomic E-state index is 13.2. The summed E-state index contributed by atoms with van der Waals surface area (Å²) in [4.78, 5) is 2.35. The van der Waals surface area contributed by atoms with Crippen LogP contribution < -0.4 is 4.72 Å². The Balaban J connectivity index is 2.10. The van der Waals surface area contributed by atoms with E-state index in [1.165, 1.54) is 43.2 Å². The molecule has 3 rings (SSSR count). The molecule has 1 fully saturated rings. The van der Waals surface area contributed by atoms with Gasteiger partial charge in [-0.15, -0.1) is 0 Å². The average molecular weight is 491 g/mol. The van der Waals surface area contributed by atoms with Crippen molar-refractivity contribution >= 4 is 15.7 Å². The van der Waals surface area contributed by atoms with Crippen molar-refractivity contribution in [1.29, 1.82) is 0 Å². The third-order valence-corrected chi connectivity index (χ3v) is 9.37. The Labute approximate surface area is 208 Å². The second-order valence-electron chi connectivity index (χ2n) is 12.4. The van der Waals surface area contributed by atoms with Crippen LogP contribution in [0.15, 0.2) is 24.3 Å². The lowest BCUT2D eigenvalue weighted by Crippen LogP contribution is -2.44. The fourth-order valence-corrected chi connectivity index (χ4v) is 6.78. The Kier molecular flexibility index (Phi) is 8.26. The highest BCUT2D eigenvalue weighted by molar-refractivity contribution is 7.90. The van der Waals surface area contributed by atoms with Gasteiger partial charge in [0.15, 0.2) is 0 Å². The molecule has 0 amide bonds. The van der Waals surface area contributed by atoms with E-state index in [2.05, 4.69) is 69.4 Å². The Morgan fingerprint density at radius 1 is 0.971 bits per heavy atom. The summed E-state index contributed by atoms with van der Waals surface area (Å²) in [5.74, 6) is 0.597. The summed E-state index contributed by atoms with van der Waals surface area (Å²) in [6.45, 7) is 16.2. The summed E-state index contributed by atoms with van der Waals surface area (Å²) >= 11 is 0. The molecular formula is C28H46N2O3S. The first-order chi connectivity index (χ1) is 15.7. The molecule has 1 aliphatic heterocycles. The maximum Gasteiger partial charge on any atom is 0.220 e. The fraction of sp³-hybridized carbons (Fsp3) is 0.714. The Morgan fingerprint density at radius 2 is 1.53 bits per heavy atom. The fourth-order valence-electron chi connectivity index (χ4n) is 5.24. The minimum absolute atomic E-state index is 0.0108. The molecule has 2 atom stereocenters. The molecule has 0 radical (unpaired) electrons. The molecular weight excluding hydrogens is 444 g/mol. The van der Waals surface area contributed by atoms with Gasteiger partial charge in [-0.3, -0.25) is 0 Å². The van der Waals surface area contributed by atoms with Crippen molar-refractivity contribution in [3.8, 4) is 0 Å². The zero-order valence-electron chi connectivity index (χ0n) is 22.3. The molecule has 1 heterocycles. The second kappa shape index (κ2) is 10.3. The van der Waals surface area contributed by atoms with E-state index in [-0.39, 0.29) is 30.0 Å². The van der Waals surface area contributed by atoms with Gasteiger partial charge in [-0.25, -0.2) is 13.1 Å². The Bertz CT molecular complexity index is 948. The van der Waals surface area contributed by atoms with E-state index >= 15 is 0 Å². The summed E-state index contributed by atoms with van der Waals surface area (Å²) in [5.41, 5.74) is 4.66. The highest BCUT2D eigenvalue weighted by Gasteiger charge is 2.40. The zero-order chi connectivity index (χ0) is 25.3. The Hall–Kier alpha value is -1.37. The van der Waals surface area contributed by atoms with Crippen molar-refractivity contribution in [3.63, 3.8) is 0 Å². The standard InChI is InChI=1S/C28H46N2O3S/c1-20-26(34(32,33)29-13-14-31)18-25(30(20)19-21-11-9-8-10-12-21)22-15-23(27(2,3)4)17-24(16-22)28(5,6)7/h15-18,20-21,26,29,31H,8-14,19H2,1-7H3. The minimum Gasteiger partial charge on any atom is -0.395 e. The van der Waals surface area contributed by atoms with Gasteiger partial charge < -0.3 is 10.0 Å². The number of benzene rings is 1. The van der Waals surface area contributed by atoms with Gasteiger partial charge in [-0.2, -0.15) is 0 Å². The highest BCUT2D eigenvalue weighted by atomic mass is 32.2. The molecule has 1 aliphatic carbocycles. The van der Waals surface area contributed by atoms with Crippen LogP contribution in [-0.4, -0.2) is 49.4 Å². The van der Waals surface area contributed by atoms with E-state index in [1.54, 1.807) is 0 Å². The molecule has 5 nitrogen and oxygen atoms in total. The maximum absolute atomic E-state index is 13.2. The van der Waals surface area contributed by atoms with Crippen LogP contribution in [0.3, 0.4) is 0 Å². The summed E-state index contributed by atoms with van der Waals surface area (Å²) in [5, 5.41) is 8.55. The molecule has 6 heteroatoms. The first kappa shape index (κ1) is 27.2. The molecule has 0 saturated heterocycles. The van der Waals surface area contributed by atoms with Crippen molar-refractivity contribution in [2.24, 2.45) is 5.92 Å². The number of aliphatic hydroxyl groups is 1. The van der Waals surface area contributed by atoms with E-state index in [4.69, 9.17) is 0 Å². The predicted octanol–water partition coefficient (Wildman–Crippen LogP) is 5.19. The Morgan fingerprint density at radius 3 is 2.03 bits per heavy atom. The van der Waals surface area contributed by atoms with Gasteiger partial charge in [-0.05, 0) is 71.4 Å². The SMILES string of the molecule is CC1C(S(=O)(=O)NCCO)C=C(c2cc(C(C)(C)C)cc(C(C)(C)C)c2)N1CC1CCCCC1. The molecule has 2 unspecified atom stereocenters. The van der Waals surface area contributed by atoms with Crippen molar-refractivity contribution in [3.05, 3.63) is 41.0 Å². The van der Waals surface area contributed by atoms with E-state index in [0.717, 1.165) is 17.8 Å². The lowest BCUT2D eigenvalue weighted by molar-refractivity contribution is 0.237. The molecule has 192 valence electrons. The number of sulfonamides is 1. The van der Waals surface area contributed by atoms with Crippen LogP contribution in [0.4, 0.5) is 0 Å². The molecule has 1 aromatic carbocycles. The van der Waals surface area contributed by atoms with Gasteiger partial charge in [0.1, 0.15) is 5.25 Å². The number of aliphatic hydroxyl groups excluding tert-OH is 1. The molecule has 0 spiro atoms. The molecule has 0 bridgehead atoms. The van der Waals surface area contributed by atoms with Crippen LogP contribution >= 0.6 is 0 Å². The number of hydrogen-bond donors (Lipinski definition) is 2. The topological polar surface area (TPSA) is 69.6 Å².